The largest absolute Gasteiger partial charge is 0.103 e. The van der Waals surface area contributed by atoms with Gasteiger partial charge in [0.15, 0.2) is 0 Å². The summed E-state index contributed by atoms with van der Waals surface area (Å²) in [7, 11) is 0. The van der Waals surface area contributed by atoms with E-state index in [0.29, 0.717) is 5.92 Å². The van der Waals surface area contributed by atoms with Crippen molar-refractivity contribution < 1.29 is 0 Å². The Hall–Kier alpha value is -0.260. The van der Waals surface area contributed by atoms with E-state index in [2.05, 4.69) is 40.3 Å². The van der Waals surface area contributed by atoms with Gasteiger partial charge in [-0.3, -0.25) is 0 Å². The summed E-state index contributed by atoms with van der Waals surface area (Å²) in [6.45, 7) is 13.0. The molecule has 0 aliphatic carbocycles. The first-order chi connectivity index (χ1) is 6.06. The van der Waals surface area contributed by atoms with Crippen molar-refractivity contribution in [1.29, 1.82) is 0 Å². The van der Waals surface area contributed by atoms with E-state index in [1.165, 1.54) is 25.7 Å². The smallest absolute Gasteiger partial charge is 0.0265 e. The van der Waals surface area contributed by atoms with Crippen LogP contribution in [0.5, 0.6) is 0 Å². The van der Waals surface area contributed by atoms with Gasteiger partial charge in [-0.2, -0.15) is 0 Å². The Morgan fingerprint density at radius 1 is 1.08 bits per heavy atom. The molecule has 0 rings (SSSR count). The van der Waals surface area contributed by atoms with E-state index in [0.717, 1.165) is 11.8 Å². The van der Waals surface area contributed by atoms with Gasteiger partial charge in [0.1, 0.15) is 0 Å². The van der Waals surface area contributed by atoms with E-state index < -0.39 is 0 Å². The van der Waals surface area contributed by atoms with Crippen LogP contribution in [-0.4, -0.2) is 0 Å². The van der Waals surface area contributed by atoms with Crippen LogP contribution in [0.1, 0.15) is 53.4 Å². The summed E-state index contributed by atoms with van der Waals surface area (Å²) in [5.41, 5.74) is 0. The minimum Gasteiger partial charge on any atom is -0.103 e. The van der Waals surface area contributed by atoms with Crippen molar-refractivity contribution in [2.45, 2.75) is 53.4 Å². The minimum atomic E-state index is 0.700. The maximum atomic E-state index is 3.81. The zero-order chi connectivity index (χ0) is 10.3. The molecule has 2 unspecified atom stereocenters. The van der Waals surface area contributed by atoms with Crippen LogP contribution >= 0.6 is 0 Å². The highest BCUT2D eigenvalue weighted by Crippen LogP contribution is 2.19. The Labute approximate surface area is 84.4 Å². The van der Waals surface area contributed by atoms with Gasteiger partial charge in [-0.15, -0.1) is 6.58 Å². The molecule has 0 bridgehead atoms. The third-order valence-electron chi connectivity index (χ3n) is 2.63. The van der Waals surface area contributed by atoms with Gasteiger partial charge in [-0.25, -0.2) is 0 Å². The number of rotatable bonds is 7. The van der Waals surface area contributed by atoms with Crippen LogP contribution in [0.2, 0.25) is 0 Å². The lowest BCUT2D eigenvalue weighted by Gasteiger charge is -2.14. The molecule has 0 aromatic heterocycles. The second kappa shape index (κ2) is 7.17. The molecule has 0 aromatic rings. The Balaban J connectivity index is 3.36. The molecule has 0 aliphatic heterocycles. The van der Waals surface area contributed by atoms with Gasteiger partial charge in [0.2, 0.25) is 0 Å². The Kier molecular flexibility index (Phi) is 7.03. The van der Waals surface area contributed by atoms with Gasteiger partial charge in [0, 0.05) is 0 Å². The van der Waals surface area contributed by atoms with Crippen LogP contribution in [0.4, 0.5) is 0 Å². The molecule has 0 heteroatoms. The summed E-state index contributed by atoms with van der Waals surface area (Å²) in [6, 6.07) is 0. The van der Waals surface area contributed by atoms with E-state index in [1.807, 2.05) is 0 Å². The molecule has 0 aromatic carbocycles. The minimum absolute atomic E-state index is 0.700. The lowest BCUT2D eigenvalue weighted by molar-refractivity contribution is 0.393. The van der Waals surface area contributed by atoms with Crippen molar-refractivity contribution in [3.05, 3.63) is 12.7 Å². The lowest BCUT2D eigenvalue weighted by Crippen LogP contribution is -2.01. The summed E-state index contributed by atoms with van der Waals surface area (Å²) in [5, 5.41) is 0. The Bertz CT molecular complexity index is 124. The highest BCUT2D eigenvalue weighted by Gasteiger charge is 2.05. The maximum absolute atomic E-state index is 3.81. The molecule has 13 heavy (non-hydrogen) atoms. The lowest BCUT2D eigenvalue weighted by atomic mass is 9.92. The van der Waals surface area contributed by atoms with E-state index in [9.17, 15) is 0 Å². The van der Waals surface area contributed by atoms with Crippen molar-refractivity contribution in [3.8, 4) is 0 Å². The maximum Gasteiger partial charge on any atom is -0.0265 e. The van der Waals surface area contributed by atoms with Crippen LogP contribution in [0.15, 0.2) is 12.7 Å². The predicted molar refractivity (Wildman–Crippen MR) is 61.8 cm³/mol. The predicted octanol–water partition coefficient (Wildman–Crippen LogP) is 4.66. The van der Waals surface area contributed by atoms with E-state index >= 15 is 0 Å². The molecule has 0 heterocycles. The molecule has 0 nitrogen and oxygen atoms in total. The summed E-state index contributed by atoms with van der Waals surface area (Å²) in [6.07, 6.45) is 7.50. The monoisotopic (exact) mass is 182 g/mol. The first-order valence-corrected chi connectivity index (χ1v) is 5.68. The molecule has 0 amide bonds. The average Bonchev–Trinajstić information content (AvgIpc) is 2.02. The van der Waals surface area contributed by atoms with Crippen LogP contribution in [-0.2, 0) is 0 Å². The highest BCUT2D eigenvalue weighted by atomic mass is 14.1. The second-order valence-corrected chi connectivity index (χ2v) is 4.88. The van der Waals surface area contributed by atoms with Crippen molar-refractivity contribution in [2.24, 2.45) is 17.8 Å². The van der Waals surface area contributed by atoms with E-state index in [4.69, 9.17) is 0 Å². The zero-order valence-corrected chi connectivity index (χ0v) is 9.84. The molecule has 0 fully saturated rings. The third kappa shape index (κ3) is 8.08. The normalized spacial score (nSPS) is 15.8. The zero-order valence-electron chi connectivity index (χ0n) is 9.84. The van der Waals surface area contributed by atoms with Gasteiger partial charge < -0.3 is 0 Å². The third-order valence-corrected chi connectivity index (χ3v) is 2.63. The number of allylic oxidation sites excluding steroid dienone is 1. The van der Waals surface area contributed by atoms with Gasteiger partial charge >= 0.3 is 0 Å². The van der Waals surface area contributed by atoms with Crippen molar-refractivity contribution in [1.82, 2.24) is 0 Å². The van der Waals surface area contributed by atoms with Gasteiger partial charge in [-0.05, 0) is 30.6 Å². The first-order valence-electron chi connectivity index (χ1n) is 5.68. The van der Waals surface area contributed by atoms with Gasteiger partial charge in [0.25, 0.3) is 0 Å². The van der Waals surface area contributed by atoms with E-state index in [-0.39, 0.29) is 0 Å². The first kappa shape index (κ1) is 12.7. The average molecular weight is 182 g/mol. The van der Waals surface area contributed by atoms with Crippen LogP contribution in [0.3, 0.4) is 0 Å². The SMILES string of the molecule is C=CC(C)CCCC(C)CC(C)C. The Morgan fingerprint density at radius 2 is 1.69 bits per heavy atom. The fraction of sp³-hybridized carbons (Fsp3) is 0.846. The van der Waals surface area contributed by atoms with Crippen molar-refractivity contribution in [2.75, 3.05) is 0 Å². The fourth-order valence-corrected chi connectivity index (χ4v) is 1.83. The quantitative estimate of drug-likeness (QED) is 0.502. The molecular weight excluding hydrogens is 156 g/mol. The summed E-state index contributed by atoms with van der Waals surface area (Å²) < 4.78 is 0. The summed E-state index contributed by atoms with van der Waals surface area (Å²) in [4.78, 5) is 0. The molecule has 0 saturated heterocycles. The van der Waals surface area contributed by atoms with Gasteiger partial charge in [0.05, 0.1) is 0 Å². The van der Waals surface area contributed by atoms with Crippen molar-refractivity contribution in [3.63, 3.8) is 0 Å². The summed E-state index contributed by atoms with van der Waals surface area (Å²) in [5.74, 6) is 2.45. The molecular formula is C13H26. The highest BCUT2D eigenvalue weighted by molar-refractivity contribution is 4.74. The number of hydrogen-bond donors (Lipinski definition) is 0. The molecule has 0 spiro atoms. The molecule has 0 saturated carbocycles. The molecule has 0 radical (unpaired) electrons. The Morgan fingerprint density at radius 3 is 2.15 bits per heavy atom. The van der Waals surface area contributed by atoms with Crippen LogP contribution in [0.25, 0.3) is 0 Å². The fourth-order valence-electron chi connectivity index (χ4n) is 1.83. The standard InChI is InChI=1S/C13H26/c1-6-12(4)8-7-9-13(5)10-11(2)3/h6,11-13H,1,7-10H2,2-5H3. The molecule has 2 atom stereocenters. The molecule has 78 valence electrons. The summed E-state index contributed by atoms with van der Waals surface area (Å²) >= 11 is 0. The second-order valence-electron chi connectivity index (χ2n) is 4.88. The van der Waals surface area contributed by atoms with E-state index in [1.54, 1.807) is 0 Å². The molecule has 0 aliphatic rings. The topological polar surface area (TPSA) is 0 Å². The van der Waals surface area contributed by atoms with Crippen LogP contribution in [0, 0.1) is 17.8 Å². The molecule has 0 N–H and O–H groups in total. The van der Waals surface area contributed by atoms with Crippen molar-refractivity contribution >= 4 is 0 Å². The number of hydrogen-bond acceptors (Lipinski definition) is 0. The van der Waals surface area contributed by atoms with Gasteiger partial charge in [-0.1, -0.05) is 46.6 Å². The van der Waals surface area contributed by atoms with Crippen LogP contribution < -0.4 is 0 Å².